The van der Waals surface area contributed by atoms with Gasteiger partial charge in [-0.05, 0) is 18.2 Å². The maximum absolute atomic E-state index is 12.6. The first kappa shape index (κ1) is 18.1. The van der Waals surface area contributed by atoms with Crippen molar-refractivity contribution in [1.82, 2.24) is 10.6 Å². The molecule has 0 spiro atoms. The second-order valence-corrected chi connectivity index (χ2v) is 4.29. The average Bonchev–Trinajstić information content (AvgIpc) is 2.49. The van der Waals surface area contributed by atoms with Gasteiger partial charge >= 0.3 is 6.18 Å². The second-order valence-electron chi connectivity index (χ2n) is 4.29. The molecule has 0 saturated heterocycles. The molecular weight excluding hydrogens is 299 g/mol. The summed E-state index contributed by atoms with van der Waals surface area (Å²) in [6.45, 7) is 1.77. The van der Waals surface area contributed by atoms with E-state index in [0.717, 1.165) is 12.1 Å². The van der Waals surface area contributed by atoms with E-state index in [1.54, 1.807) is 14.2 Å². The Hall–Kier alpha value is -1.96. The highest BCUT2D eigenvalue weighted by atomic mass is 19.4. The Labute approximate surface area is 127 Å². The number of rotatable bonds is 7. The van der Waals surface area contributed by atoms with Crippen molar-refractivity contribution < 1.29 is 22.6 Å². The quantitative estimate of drug-likeness (QED) is 0.458. The molecule has 0 amide bonds. The third kappa shape index (κ3) is 6.66. The van der Waals surface area contributed by atoms with Gasteiger partial charge in [0.25, 0.3) is 0 Å². The van der Waals surface area contributed by atoms with E-state index in [4.69, 9.17) is 9.47 Å². The lowest BCUT2D eigenvalue weighted by Gasteiger charge is -2.13. The minimum absolute atomic E-state index is 0.180. The van der Waals surface area contributed by atoms with Crippen LogP contribution >= 0.6 is 0 Å². The molecule has 0 unspecified atom stereocenters. The number of hydrogen-bond donors (Lipinski definition) is 2. The summed E-state index contributed by atoms with van der Waals surface area (Å²) >= 11 is 0. The van der Waals surface area contributed by atoms with Gasteiger partial charge in [-0.3, -0.25) is 4.99 Å². The number of nitrogens with zero attached hydrogens (tertiary/aromatic N) is 1. The molecule has 0 aliphatic carbocycles. The Morgan fingerprint density at radius 2 is 1.86 bits per heavy atom. The normalized spacial score (nSPS) is 12.1. The molecule has 124 valence electrons. The molecule has 0 atom stereocenters. The van der Waals surface area contributed by atoms with Crippen LogP contribution in [0.1, 0.15) is 5.56 Å². The lowest BCUT2D eigenvalue weighted by molar-refractivity contribution is -0.137. The number of aliphatic imine (C=N–C) groups is 1. The summed E-state index contributed by atoms with van der Waals surface area (Å²) in [4.78, 5) is 3.99. The molecule has 0 aromatic heterocycles. The van der Waals surface area contributed by atoms with Crippen LogP contribution in [0.4, 0.5) is 13.2 Å². The number of alkyl halides is 3. The Morgan fingerprint density at radius 1 is 1.18 bits per heavy atom. The molecule has 0 aliphatic heterocycles. The summed E-state index contributed by atoms with van der Waals surface area (Å²) in [5, 5.41) is 5.99. The molecule has 1 rings (SSSR count). The van der Waals surface area contributed by atoms with Crippen LogP contribution in [0.2, 0.25) is 0 Å². The van der Waals surface area contributed by atoms with Crippen LogP contribution in [0.15, 0.2) is 29.3 Å². The van der Waals surface area contributed by atoms with E-state index < -0.39 is 11.7 Å². The molecule has 8 heteroatoms. The first-order valence-electron chi connectivity index (χ1n) is 6.71. The van der Waals surface area contributed by atoms with E-state index >= 15 is 0 Å². The standard InChI is InChI=1S/C14H20F3N3O2/c1-18-13(19-6-8-21-2)20-7-9-22-12-5-3-4-11(10-12)14(15,16)17/h3-5,10H,6-9H2,1-2H3,(H2,18,19,20). The van der Waals surface area contributed by atoms with Gasteiger partial charge in [0.2, 0.25) is 0 Å². The highest BCUT2D eigenvalue weighted by Gasteiger charge is 2.30. The zero-order chi connectivity index (χ0) is 16.4. The lowest BCUT2D eigenvalue weighted by Crippen LogP contribution is -2.40. The Bertz CT molecular complexity index is 479. The summed E-state index contributed by atoms with van der Waals surface area (Å²) < 4.78 is 47.8. The van der Waals surface area contributed by atoms with E-state index in [1.807, 2.05) is 0 Å². The molecular formula is C14H20F3N3O2. The van der Waals surface area contributed by atoms with E-state index in [-0.39, 0.29) is 12.4 Å². The molecule has 0 bridgehead atoms. The van der Waals surface area contributed by atoms with Gasteiger partial charge in [-0.25, -0.2) is 0 Å². The third-order valence-corrected chi connectivity index (χ3v) is 2.65. The SMILES string of the molecule is CN=C(NCCOC)NCCOc1cccc(C(F)(F)F)c1. The number of halogens is 3. The maximum atomic E-state index is 12.6. The highest BCUT2D eigenvalue weighted by Crippen LogP contribution is 2.31. The van der Waals surface area contributed by atoms with Gasteiger partial charge in [-0.15, -0.1) is 0 Å². The fourth-order valence-electron chi connectivity index (χ4n) is 1.59. The maximum Gasteiger partial charge on any atom is 0.416 e. The summed E-state index contributed by atoms with van der Waals surface area (Å²) in [7, 11) is 3.22. The predicted octanol–water partition coefficient (Wildman–Crippen LogP) is 1.90. The number of nitrogens with one attached hydrogen (secondary N) is 2. The minimum Gasteiger partial charge on any atom is -0.492 e. The van der Waals surface area contributed by atoms with Crippen LogP contribution in [0.25, 0.3) is 0 Å². The van der Waals surface area contributed by atoms with Gasteiger partial charge in [0, 0.05) is 20.7 Å². The molecule has 0 fully saturated rings. The van der Waals surface area contributed by atoms with Crippen molar-refractivity contribution in [3.63, 3.8) is 0 Å². The van der Waals surface area contributed by atoms with Crippen LogP contribution in [0.3, 0.4) is 0 Å². The fraction of sp³-hybridized carbons (Fsp3) is 0.500. The van der Waals surface area contributed by atoms with Crippen LogP contribution < -0.4 is 15.4 Å². The smallest absolute Gasteiger partial charge is 0.416 e. The molecule has 0 aliphatic rings. The van der Waals surface area contributed by atoms with Crippen molar-refractivity contribution in [2.75, 3.05) is 40.5 Å². The van der Waals surface area contributed by atoms with E-state index in [0.29, 0.717) is 25.7 Å². The van der Waals surface area contributed by atoms with E-state index in [2.05, 4.69) is 15.6 Å². The largest absolute Gasteiger partial charge is 0.492 e. The first-order chi connectivity index (χ1) is 10.5. The Morgan fingerprint density at radius 3 is 2.45 bits per heavy atom. The Balaban J connectivity index is 2.35. The summed E-state index contributed by atoms with van der Waals surface area (Å²) in [5.74, 6) is 0.753. The van der Waals surface area contributed by atoms with Gasteiger partial charge in [-0.1, -0.05) is 6.07 Å². The number of guanidine groups is 1. The van der Waals surface area contributed by atoms with Gasteiger partial charge in [-0.2, -0.15) is 13.2 Å². The summed E-state index contributed by atoms with van der Waals surface area (Å²) in [6, 6.07) is 4.79. The van der Waals surface area contributed by atoms with Crippen LogP contribution in [0, 0.1) is 0 Å². The summed E-state index contributed by atoms with van der Waals surface area (Å²) in [5.41, 5.74) is -0.727. The number of ether oxygens (including phenoxy) is 2. The molecule has 1 aromatic rings. The zero-order valence-corrected chi connectivity index (χ0v) is 12.5. The molecule has 2 N–H and O–H groups in total. The minimum atomic E-state index is -4.37. The van der Waals surface area contributed by atoms with Gasteiger partial charge in [0.15, 0.2) is 5.96 Å². The van der Waals surface area contributed by atoms with Crippen molar-refractivity contribution in [2.45, 2.75) is 6.18 Å². The molecule has 1 aromatic carbocycles. The van der Waals surface area contributed by atoms with Crippen molar-refractivity contribution in [2.24, 2.45) is 4.99 Å². The topological polar surface area (TPSA) is 54.9 Å². The van der Waals surface area contributed by atoms with E-state index in [9.17, 15) is 13.2 Å². The summed E-state index contributed by atoms with van der Waals surface area (Å²) in [6.07, 6.45) is -4.37. The lowest BCUT2D eigenvalue weighted by atomic mass is 10.2. The molecule has 0 saturated carbocycles. The fourth-order valence-corrected chi connectivity index (χ4v) is 1.59. The number of benzene rings is 1. The monoisotopic (exact) mass is 319 g/mol. The first-order valence-corrected chi connectivity index (χ1v) is 6.71. The molecule has 22 heavy (non-hydrogen) atoms. The van der Waals surface area contributed by atoms with Gasteiger partial charge < -0.3 is 20.1 Å². The molecule has 5 nitrogen and oxygen atoms in total. The van der Waals surface area contributed by atoms with Crippen molar-refractivity contribution in [3.05, 3.63) is 29.8 Å². The number of hydrogen-bond acceptors (Lipinski definition) is 3. The average molecular weight is 319 g/mol. The molecule has 0 radical (unpaired) electrons. The molecule has 0 heterocycles. The van der Waals surface area contributed by atoms with Crippen LogP contribution in [-0.2, 0) is 10.9 Å². The highest BCUT2D eigenvalue weighted by molar-refractivity contribution is 5.79. The van der Waals surface area contributed by atoms with Crippen molar-refractivity contribution in [1.29, 1.82) is 0 Å². The van der Waals surface area contributed by atoms with Gasteiger partial charge in [0.05, 0.1) is 18.7 Å². The van der Waals surface area contributed by atoms with E-state index in [1.165, 1.54) is 12.1 Å². The van der Waals surface area contributed by atoms with Crippen LogP contribution in [-0.4, -0.2) is 46.4 Å². The third-order valence-electron chi connectivity index (χ3n) is 2.65. The second kappa shape index (κ2) is 9.14. The van der Waals surface area contributed by atoms with Crippen LogP contribution in [0.5, 0.6) is 5.75 Å². The van der Waals surface area contributed by atoms with Crippen molar-refractivity contribution >= 4 is 5.96 Å². The van der Waals surface area contributed by atoms with Gasteiger partial charge in [0.1, 0.15) is 12.4 Å². The Kier molecular flexibility index (Phi) is 7.51. The van der Waals surface area contributed by atoms with Crippen molar-refractivity contribution in [3.8, 4) is 5.75 Å². The number of methoxy groups -OCH3 is 1. The predicted molar refractivity (Wildman–Crippen MR) is 78.2 cm³/mol. The zero-order valence-electron chi connectivity index (χ0n) is 12.5.